The van der Waals surface area contributed by atoms with E-state index >= 15 is 0 Å². The highest BCUT2D eigenvalue weighted by atomic mass is 31.2. The number of esters is 2. The summed E-state index contributed by atoms with van der Waals surface area (Å²) in [6, 6.07) is 0. The molecule has 0 fully saturated rings. The van der Waals surface area contributed by atoms with Crippen molar-refractivity contribution in [2.45, 2.75) is 161 Å². The van der Waals surface area contributed by atoms with E-state index in [-0.39, 0.29) is 25.4 Å². The Morgan fingerprint density at radius 1 is 0.651 bits per heavy atom. The lowest BCUT2D eigenvalue weighted by atomic mass is 10.1. The lowest BCUT2D eigenvalue weighted by molar-refractivity contribution is -0.161. The molecule has 8 nitrogen and oxygen atoms in total. The summed E-state index contributed by atoms with van der Waals surface area (Å²) in [6.45, 7) is 3.73. The maximum atomic E-state index is 12.4. The Kier molecular flexibility index (Phi) is 29.5. The zero-order chi connectivity index (χ0) is 31.9. The number of hydrogen-bond acceptors (Lipinski definition) is 7. The zero-order valence-electron chi connectivity index (χ0n) is 27.6. The van der Waals surface area contributed by atoms with Gasteiger partial charge in [0.15, 0.2) is 6.10 Å². The standard InChI is InChI=1S/C34H63O8P/c1-4-6-8-10-12-14-15-16-17-18-19-21-23-25-27-29-34(36)42-32(31-41-43(37,38)39-3)30-40-33(35)28-26-24-22-20-13-11-9-7-5-2/h7,9,16-17,32H,4-6,8,10-15,18-31H2,1-3H3,(H,37,38)/b9-7-,17-16+/t32-/m1/s1. The Bertz CT molecular complexity index is 767. The maximum absolute atomic E-state index is 12.4. The van der Waals surface area contributed by atoms with Crippen molar-refractivity contribution in [2.75, 3.05) is 20.3 Å². The van der Waals surface area contributed by atoms with Gasteiger partial charge in [-0.2, -0.15) is 0 Å². The van der Waals surface area contributed by atoms with Gasteiger partial charge in [-0.15, -0.1) is 0 Å². The fourth-order valence-electron chi connectivity index (χ4n) is 4.54. The summed E-state index contributed by atoms with van der Waals surface area (Å²) in [5.41, 5.74) is 0. The zero-order valence-corrected chi connectivity index (χ0v) is 28.5. The lowest BCUT2D eigenvalue weighted by Crippen LogP contribution is -2.29. The highest BCUT2D eigenvalue weighted by molar-refractivity contribution is 7.47. The molecule has 43 heavy (non-hydrogen) atoms. The highest BCUT2D eigenvalue weighted by Gasteiger charge is 2.24. The molecule has 0 aliphatic heterocycles. The van der Waals surface area contributed by atoms with Gasteiger partial charge in [0.2, 0.25) is 0 Å². The van der Waals surface area contributed by atoms with Crippen molar-refractivity contribution < 1.29 is 37.6 Å². The predicted octanol–water partition coefficient (Wildman–Crippen LogP) is 9.94. The molecule has 0 aromatic rings. The van der Waals surface area contributed by atoms with Gasteiger partial charge in [0.25, 0.3) is 0 Å². The molecule has 0 aromatic carbocycles. The molecule has 0 saturated heterocycles. The molecule has 0 bridgehead atoms. The summed E-state index contributed by atoms with van der Waals surface area (Å²) in [6.07, 6.45) is 31.0. The molecule has 2 atom stereocenters. The smallest absolute Gasteiger partial charge is 0.462 e. The van der Waals surface area contributed by atoms with Gasteiger partial charge in [0.05, 0.1) is 6.61 Å². The summed E-state index contributed by atoms with van der Waals surface area (Å²) < 4.78 is 31.7. The minimum Gasteiger partial charge on any atom is -0.462 e. The Labute approximate surface area is 263 Å². The van der Waals surface area contributed by atoms with E-state index in [1.807, 2.05) is 0 Å². The first-order valence-electron chi connectivity index (χ1n) is 17.0. The average Bonchev–Trinajstić information content (AvgIpc) is 2.99. The summed E-state index contributed by atoms with van der Waals surface area (Å²) in [7, 11) is -3.20. The van der Waals surface area contributed by atoms with Crippen LogP contribution in [0.5, 0.6) is 0 Å². The van der Waals surface area contributed by atoms with Crippen LogP contribution in [0, 0.1) is 0 Å². The van der Waals surface area contributed by atoms with E-state index in [1.165, 1.54) is 44.9 Å². The van der Waals surface area contributed by atoms with Gasteiger partial charge in [-0.3, -0.25) is 18.6 Å². The SMILES string of the molecule is CC/C=C\CCCCCCCC(=O)OC[C@H](COP(=O)(O)OC)OC(=O)CCCCCCC/C=C/CCCCCCCC. The highest BCUT2D eigenvalue weighted by Crippen LogP contribution is 2.42. The molecule has 0 radical (unpaired) electrons. The molecule has 0 spiro atoms. The molecule has 0 heterocycles. The third-order valence-corrected chi connectivity index (χ3v) is 8.12. The van der Waals surface area contributed by atoms with Gasteiger partial charge < -0.3 is 14.4 Å². The molecule has 0 aliphatic carbocycles. The number of ether oxygens (including phenoxy) is 2. The van der Waals surface area contributed by atoms with Crippen LogP contribution in [-0.2, 0) is 32.7 Å². The Morgan fingerprint density at radius 3 is 1.63 bits per heavy atom. The van der Waals surface area contributed by atoms with Gasteiger partial charge in [0.1, 0.15) is 6.61 Å². The topological polar surface area (TPSA) is 108 Å². The van der Waals surface area contributed by atoms with Gasteiger partial charge in [-0.25, -0.2) is 4.57 Å². The molecule has 252 valence electrons. The Hall–Kier alpha value is -1.47. The number of phosphoric acid groups is 1. The van der Waals surface area contributed by atoms with Crippen LogP contribution < -0.4 is 0 Å². The first-order chi connectivity index (χ1) is 20.8. The second kappa shape index (κ2) is 30.6. The van der Waals surface area contributed by atoms with E-state index in [4.69, 9.17) is 14.0 Å². The minimum atomic E-state index is -4.25. The summed E-state index contributed by atoms with van der Waals surface area (Å²) >= 11 is 0. The summed E-state index contributed by atoms with van der Waals surface area (Å²) in [5.74, 6) is -0.829. The van der Waals surface area contributed by atoms with Crippen molar-refractivity contribution in [1.82, 2.24) is 0 Å². The molecular formula is C34H63O8P. The maximum Gasteiger partial charge on any atom is 0.472 e. The van der Waals surface area contributed by atoms with Crippen LogP contribution in [-0.4, -0.2) is 43.3 Å². The molecule has 0 aromatic heterocycles. The van der Waals surface area contributed by atoms with Gasteiger partial charge >= 0.3 is 19.8 Å². The average molecular weight is 631 g/mol. The molecule has 0 saturated carbocycles. The fourth-order valence-corrected chi connectivity index (χ4v) is 5.00. The third-order valence-electron chi connectivity index (χ3n) is 7.18. The molecule has 1 unspecified atom stereocenters. The Balaban J connectivity index is 4.11. The fraction of sp³-hybridized carbons (Fsp3) is 0.824. The van der Waals surface area contributed by atoms with E-state index in [0.29, 0.717) is 6.42 Å². The number of carbonyl (C=O) groups is 2. The number of allylic oxidation sites excluding steroid dienone is 4. The molecule has 0 rings (SSSR count). The molecule has 9 heteroatoms. The van der Waals surface area contributed by atoms with Crippen molar-refractivity contribution in [1.29, 1.82) is 0 Å². The number of phosphoric ester groups is 1. The van der Waals surface area contributed by atoms with E-state index in [0.717, 1.165) is 84.2 Å². The van der Waals surface area contributed by atoms with Gasteiger partial charge in [-0.1, -0.05) is 109 Å². The summed E-state index contributed by atoms with van der Waals surface area (Å²) in [4.78, 5) is 34.1. The number of carbonyl (C=O) groups excluding carboxylic acids is 2. The molecular weight excluding hydrogens is 567 g/mol. The van der Waals surface area contributed by atoms with Crippen molar-refractivity contribution in [2.24, 2.45) is 0 Å². The third kappa shape index (κ3) is 30.3. The van der Waals surface area contributed by atoms with E-state index in [9.17, 15) is 19.0 Å². The Morgan fingerprint density at radius 2 is 1.12 bits per heavy atom. The lowest BCUT2D eigenvalue weighted by Gasteiger charge is -2.19. The van der Waals surface area contributed by atoms with Crippen LogP contribution in [0.1, 0.15) is 155 Å². The van der Waals surface area contributed by atoms with Crippen LogP contribution in [0.2, 0.25) is 0 Å². The first-order valence-corrected chi connectivity index (χ1v) is 18.5. The first kappa shape index (κ1) is 41.5. The monoisotopic (exact) mass is 630 g/mol. The van der Waals surface area contributed by atoms with Crippen LogP contribution in [0.15, 0.2) is 24.3 Å². The van der Waals surface area contributed by atoms with Gasteiger partial charge in [0, 0.05) is 20.0 Å². The largest absolute Gasteiger partial charge is 0.472 e. The van der Waals surface area contributed by atoms with Crippen LogP contribution in [0.3, 0.4) is 0 Å². The quantitative estimate of drug-likeness (QED) is 0.0349. The minimum absolute atomic E-state index is 0.232. The van der Waals surface area contributed by atoms with Gasteiger partial charge in [-0.05, 0) is 57.8 Å². The van der Waals surface area contributed by atoms with E-state index in [2.05, 4.69) is 42.7 Å². The van der Waals surface area contributed by atoms with Crippen LogP contribution >= 0.6 is 7.82 Å². The van der Waals surface area contributed by atoms with Crippen molar-refractivity contribution in [3.05, 3.63) is 24.3 Å². The molecule has 0 amide bonds. The second-order valence-corrected chi connectivity index (χ2v) is 12.8. The summed E-state index contributed by atoms with van der Waals surface area (Å²) in [5, 5.41) is 0. The van der Waals surface area contributed by atoms with Crippen molar-refractivity contribution in [3.63, 3.8) is 0 Å². The molecule has 0 aliphatic rings. The van der Waals surface area contributed by atoms with Crippen molar-refractivity contribution in [3.8, 4) is 0 Å². The number of rotatable bonds is 31. The van der Waals surface area contributed by atoms with Crippen LogP contribution in [0.4, 0.5) is 0 Å². The normalized spacial score (nSPS) is 13.9. The molecule has 1 N–H and O–H groups in total. The number of hydrogen-bond donors (Lipinski definition) is 1. The second-order valence-electron chi connectivity index (χ2n) is 11.3. The van der Waals surface area contributed by atoms with E-state index < -0.39 is 26.5 Å². The number of unbranched alkanes of at least 4 members (excludes halogenated alkanes) is 16. The van der Waals surface area contributed by atoms with Crippen LogP contribution in [0.25, 0.3) is 0 Å². The van der Waals surface area contributed by atoms with Crippen molar-refractivity contribution >= 4 is 19.8 Å². The predicted molar refractivity (Wildman–Crippen MR) is 175 cm³/mol. The van der Waals surface area contributed by atoms with E-state index in [1.54, 1.807) is 0 Å².